The van der Waals surface area contributed by atoms with E-state index in [4.69, 9.17) is 4.74 Å². The molecule has 0 radical (unpaired) electrons. The highest BCUT2D eigenvalue weighted by Gasteiger charge is 2.07. The maximum absolute atomic E-state index is 11.9. The predicted octanol–water partition coefficient (Wildman–Crippen LogP) is 2.26. The fourth-order valence-electron chi connectivity index (χ4n) is 1.81. The molecule has 5 nitrogen and oxygen atoms in total. The Balaban J connectivity index is 1.94. The van der Waals surface area contributed by atoms with Crippen LogP contribution >= 0.6 is 11.3 Å². The van der Waals surface area contributed by atoms with Crippen LogP contribution < -0.4 is 14.9 Å². The zero-order valence-electron chi connectivity index (χ0n) is 11.4. The van der Waals surface area contributed by atoms with Gasteiger partial charge in [-0.05, 0) is 19.1 Å². The molecule has 0 atom stereocenters. The second-order valence-corrected chi connectivity index (χ2v) is 5.15. The van der Waals surface area contributed by atoms with Gasteiger partial charge in [0.15, 0.2) is 0 Å². The number of hydrogen-bond donors (Lipinski definition) is 1. The molecule has 0 saturated carbocycles. The van der Waals surface area contributed by atoms with Crippen molar-refractivity contribution in [3.8, 4) is 5.75 Å². The number of thiazole rings is 1. The Morgan fingerprint density at radius 1 is 1.45 bits per heavy atom. The number of rotatable bonds is 5. The van der Waals surface area contributed by atoms with Crippen LogP contribution in [0.2, 0.25) is 0 Å². The lowest BCUT2D eigenvalue weighted by atomic mass is 10.3. The molecular formula is C14H16N2O3S. The largest absolute Gasteiger partial charge is 0.497 e. The number of nitrogens with zero attached hydrogens (tertiary/aromatic N) is 1. The fraction of sp³-hybridized carbons (Fsp3) is 0.286. The molecule has 1 N–H and O–H groups in total. The van der Waals surface area contributed by atoms with Crippen LogP contribution in [0.25, 0.3) is 0 Å². The van der Waals surface area contributed by atoms with E-state index in [-0.39, 0.29) is 17.2 Å². The number of amides is 1. The number of ether oxygens (including phenoxy) is 1. The van der Waals surface area contributed by atoms with Crippen LogP contribution in [0.4, 0.5) is 5.69 Å². The first-order valence-electron chi connectivity index (χ1n) is 6.19. The molecule has 2 aromatic rings. The number of aryl methyl sites for hydroxylation is 1. The monoisotopic (exact) mass is 292 g/mol. The van der Waals surface area contributed by atoms with Crippen molar-refractivity contribution in [2.24, 2.45) is 0 Å². The van der Waals surface area contributed by atoms with Crippen molar-refractivity contribution in [1.29, 1.82) is 0 Å². The van der Waals surface area contributed by atoms with Crippen molar-refractivity contribution in [3.63, 3.8) is 0 Å². The van der Waals surface area contributed by atoms with Gasteiger partial charge in [-0.3, -0.25) is 9.59 Å². The molecule has 20 heavy (non-hydrogen) atoms. The van der Waals surface area contributed by atoms with Gasteiger partial charge in [-0.15, -0.1) is 0 Å². The zero-order chi connectivity index (χ0) is 14.5. The van der Waals surface area contributed by atoms with Crippen LogP contribution in [0.15, 0.2) is 34.4 Å². The van der Waals surface area contributed by atoms with E-state index in [2.05, 4.69) is 5.32 Å². The van der Waals surface area contributed by atoms with Crippen molar-refractivity contribution in [2.75, 3.05) is 12.4 Å². The standard InChI is InChI=1S/C14H16N2O3S/c1-10-9-20-14(18)16(10)7-6-13(17)15-11-4-3-5-12(8-11)19-2/h3-5,8-9H,6-7H2,1-2H3,(H,15,17). The summed E-state index contributed by atoms with van der Waals surface area (Å²) in [7, 11) is 1.58. The Morgan fingerprint density at radius 2 is 2.25 bits per heavy atom. The molecule has 0 saturated heterocycles. The van der Waals surface area contributed by atoms with Crippen LogP contribution in [0.1, 0.15) is 12.1 Å². The van der Waals surface area contributed by atoms with Gasteiger partial charge in [0.2, 0.25) is 5.91 Å². The lowest BCUT2D eigenvalue weighted by Gasteiger charge is -2.08. The van der Waals surface area contributed by atoms with Gasteiger partial charge >= 0.3 is 4.87 Å². The van der Waals surface area contributed by atoms with Gasteiger partial charge in [0.1, 0.15) is 5.75 Å². The van der Waals surface area contributed by atoms with E-state index < -0.39 is 0 Å². The maximum atomic E-state index is 11.9. The third kappa shape index (κ3) is 3.48. The molecule has 0 spiro atoms. The van der Waals surface area contributed by atoms with Gasteiger partial charge in [-0.25, -0.2) is 0 Å². The minimum absolute atomic E-state index is 0.0309. The predicted molar refractivity (Wildman–Crippen MR) is 79.6 cm³/mol. The Hall–Kier alpha value is -2.08. The normalized spacial score (nSPS) is 10.3. The lowest BCUT2D eigenvalue weighted by Crippen LogP contribution is -2.20. The number of methoxy groups -OCH3 is 1. The van der Waals surface area contributed by atoms with Gasteiger partial charge < -0.3 is 14.6 Å². The molecule has 6 heteroatoms. The van der Waals surface area contributed by atoms with Crippen LogP contribution in [-0.4, -0.2) is 17.6 Å². The number of benzene rings is 1. The Bertz CT molecular complexity index is 660. The van der Waals surface area contributed by atoms with Crippen LogP contribution in [0, 0.1) is 6.92 Å². The molecule has 1 aromatic heterocycles. The minimum Gasteiger partial charge on any atom is -0.497 e. The van der Waals surface area contributed by atoms with Crippen molar-refractivity contribution in [3.05, 3.63) is 45.0 Å². The molecule has 0 aliphatic rings. The summed E-state index contributed by atoms with van der Waals surface area (Å²) in [5.41, 5.74) is 1.57. The van der Waals surface area contributed by atoms with Gasteiger partial charge in [-0.1, -0.05) is 17.4 Å². The highest BCUT2D eigenvalue weighted by atomic mass is 32.1. The van der Waals surface area contributed by atoms with E-state index in [9.17, 15) is 9.59 Å². The molecule has 0 fully saturated rings. The average molecular weight is 292 g/mol. The molecule has 0 aliphatic carbocycles. The van der Waals surface area contributed by atoms with Gasteiger partial charge in [0.05, 0.1) is 7.11 Å². The Labute approximate surface area is 120 Å². The number of aromatic nitrogens is 1. The third-order valence-corrected chi connectivity index (χ3v) is 3.77. The molecule has 1 heterocycles. The summed E-state index contributed by atoms with van der Waals surface area (Å²) in [5.74, 6) is 0.559. The summed E-state index contributed by atoms with van der Waals surface area (Å²) in [6, 6.07) is 7.16. The van der Waals surface area contributed by atoms with Crippen molar-refractivity contribution < 1.29 is 9.53 Å². The van der Waals surface area contributed by atoms with Crippen molar-refractivity contribution in [2.45, 2.75) is 19.9 Å². The van der Waals surface area contributed by atoms with Crippen LogP contribution in [0.5, 0.6) is 5.75 Å². The topological polar surface area (TPSA) is 60.3 Å². The smallest absolute Gasteiger partial charge is 0.307 e. The second-order valence-electron chi connectivity index (χ2n) is 4.32. The number of nitrogens with one attached hydrogen (secondary N) is 1. The van der Waals surface area contributed by atoms with E-state index in [1.54, 1.807) is 29.2 Å². The Morgan fingerprint density at radius 3 is 2.90 bits per heavy atom. The summed E-state index contributed by atoms with van der Waals surface area (Å²) in [4.78, 5) is 23.4. The van der Waals surface area contributed by atoms with E-state index >= 15 is 0 Å². The van der Waals surface area contributed by atoms with Gasteiger partial charge in [0, 0.05) is 35.8 Å². The first-order chi connectivity index (χ1) is 9.60. The van der Waals surface area contributed by atoms with Gasteiger partial charge in [0.25, 0.3) is 0 Å². The number of carbonyl (C=O) groups excluding carboxylic acids is 1. The molecule has 1 aromatic carbocycles. The van der Waals surface area contributed by atoms with E-state index in [1.165, 1.54) is 0 Å². The third-order valence-electron chi connectivity index (χ3n) is 2.89. The maximum Gasteiger partial charge on any atom is 0.307 e. The first kappa shape index (κ1) is 14.3. The Kier molecular flexibility index (Phi) is 4.57. The molecule has 0 unspecified atom stereocenters. The summed E-state index contributed by atoms with van der Waals surface area (Å²) in [5, 5.41) is 4.58. The van der Waals surface area contributed by atoms with E-state index in [0.29, 0.717) is 18.0 Å². The molecular weight excluding hydrogens is 276 g/mol. The number of carbonyl (C=O) groups is 1. The highest BCUT2D eigenvalue weighted by Crippen LogP contribution is 2.16. The average Bonchev–Trinajstić information content (AvgIpc) is 2.76. The van der Waals surface area contributed by atoms with Crippen molar-refractivity contribution in [1.82, 2.24) is 4.57 Å². The number of anilines is 1. The second kappa shape index (κ2) is 6.38. The first-order valence-corrected chi connectivity index (χ1v) is 7.07. The van der Waals surface area contributed by atoms with Gasteiger partial charge in [-0.2, -0.15) is 0 Å². The van der Waals surface area contributed by atoms with Crippen molar-refractivity contribution >= 4 is 22.9 Å². The molecule has 1 amide bonds. The van der Waals surface area contributed by atoms with Crippen LogP contribution in [-0.2, 0) is 11.3 Å². The summed E-state index contributed by atoms with van der Waals surface area (Å²) < 4.78 is 6.70. The molecule has 2 rings (SSSR count). The molecule has 0 aliphatic heterocycles. The summed E-state index contributed by atoms with van der Waals surface area (Å²) in [6.07, 6.45) is 0.259. The minimum atomic E-state index is -0.129. The highest BCUT2D eigenvalue weighted by molar-refractivity contribution is 7.07. The fourth-order valence-corrected chi connectivity index (χ4v) is 2.57. The summed E-state index contributed by atoms with van der Waals surface area (Å²) in [6.45, 7) is 2.25. The number of hydrogen-bond acceptors (Lipinski definition) is 4. The quantitative estimate of drug-likeness (QED) is 0.919. The van der Waals surface area contributed by atoms with E-state index in [1.807, 2.05) is 19.1 Å². The SMILES string of the molecule is COc1cccc(NC(=O)CCn2c(C)csc2=O)c1. The van der Waals surface area contributed by atoms with Crippen LogP contribution in [0.3, 0.4) is 0 Å². The zero-order valence-corrected chi connectivity index (χ0v) is 12.2. The lowest BCUT2D eigenvalue weighted by molar-refractivity contribution is -0.116. The van der Waals surface area contributed by atoms with E-state index in [0.717, 1.165) is 17.0 Å². The molecule has 106 valence electrons. The summed E-state index contributed by atoms with van der Waals surface area (Å²) >= 11 is 1.15. The molecule has 0 bridgehead atoms.